The van der Waals surface area contributed by atoms with Gasteiger partial charge in [0.15, 0.2) is 11.6 Å². The van der Waals surface area contributed by atoms with Gasteiger partial charge in [-0.05, 0) is 38.1 Å². The van der Waals surface area contributed by atoms with Gasteiger partial charge in [-0.15, -0.1) is 0 Å². The van der Waals surface area contributed by atoms with Gasteiger partial charge in [-0.2, -0.15) is 0 Å². The van der Waals surface area contributed by atoms with E-state index < -0.39 is 23.2 Å². The summed E-state index contributed by atoms with van der Waals surface area (Å²) in [5.74, 6) is -3.27. The molecule has 0 saturated carbocycles. The summed E-state index contributed by atoms with van der Waals surface area (Å²) >= 11 is 0. The van der Waals surface area contributed by atoms with Crippen LogP contribution in [0.15, 0.2) is 24.3 Å². The highest BCUT2D eigenvalue weighted by molar-refractivity contribution is 5.90. The summed E-state index contributed by atoms with van der Waals surface area (Å²) in [6.45, 7) is 3.66. The fourth-order valence-corrected chi connectivity index (χ4v) is 1.87. The highest BCUT2D eigenvalue weighted by Crippen LogP contribution is 2.22. The molecule has 1 N–H and O–H groups in total. The molecule has 0 aliphatic carbocycles. The van der Waals surface area contributed by atoms with Crippen LogP contribution in [0.3, 0.4) is 0 Å². The zero-order chi connectivity index (χ0) is 14.9. The molecule has 20 heavy (non-hydrogen) atoms. The van der Waals surface area contributed by atoms with Crippen molar-refractivity contribution in [2.45, 2.75) is 13.8 Å². The van der Waals surface area contributed by atoms with Gasteiger partial charge in [-0.25, -0.2) is 13.6 Å². The first-order valence-electron chi connectivity index (χ1n) is 5.94. The fraction of sp³-hybridized carbons (Fsp3) is 0.214. The number of carbonyl (C=O) groups excluding carboxylic acids is 1. The van der Waals surface area contributed by atoms with Crippen LogP contribution in [0.4, 0.5) is 14.5 Å². The second kappa shape index (κ2) is 5.32. The first-order chi connectivity index (χ1) is 9.45. The number of methoxy groups -OCH3 is 1. The molecule has 0 radical (unpaired) electrons. The van der Waals surface area contributed by atoms with Crippen LogP contribution in [-0.4, -0.2) is 17.8 Å². The van der Waals surface area contributed by atoms with Crippen molar-refractivity contribution in [2.75, 3.05) is 12.5 Å². The molecule has 0 aliphatic rings. The number of carbonyl (C=O) groups is 1. The Morgan fingerprint density at radius 3 is 2.25 bits per heavy atom. The third kappa shape index (κ3) is 2.36. The Kier molecular flexibility index (Phi) is 3.74. The Morgan fingerprint density at radius 2 is 1.70 bits per heavy atom. The number of benzene rings is 1. The Balaban J connectivity index is 2.40. The summed E-state index contributed by atoms with van der Waals surface area (Å²) in [7, 11) is 1.11. The summed E-state index contributed by atoms with van der Waals surface area (Å²) in [4.78, 5) is 11.3. The average molecular weight is 280 g/mol. The molecule has 0 unspecified atom stereocenters. The molecule has 1 aromatic carbocycles. The number of aryl methyl sites for hydroxylation is 2. The van der Waals surface area contributed by atoms with Gasteiger partial charge < -0.3 is 4.74 Å². The van der Waals surface area contributed by atoms with Crippen molar-refractivity contribution in [1.82, 2.24) is 4.68 Å². The van der Waals surface area contributed by atoms with Crippen molar-refractivity contribution in [3.8, 4) is 0 Å². The molecule has 0 atom stereocenters. The summed E-state index contributed by atoms with van der Waals surface area (Å²) in [5.41, 5.74) is 3.96. The number of hydrogen-bond acceptors (Lipinski definition) is 3. The van der Waals surface area contributed by atoms with Crippen LogP contribution in [0.1, 0.15) is 21.7 Å². The second-order valence-electron chi connectivity index (χ2n) is 4.34. The van der Waals surface area contributed by atoms with Gasteiger partial charge in [0.1, 0.15) is 0 Å². The summed E-state index contributed by atoms with van der Waals surface area (Å²) in [6, 6.07) is 6.17. The quantitative estimate of drug-likeness (QED) is 0.879. The topological polar surface area (TPSA) is 43.3 Å². The van der Waals surface area contributed by atoms with Gasteiger partial charge in [0.05, 0.1) is 18.4 Å². The van der Waals surface area contributed by atoms with E-state index in [4.69, 9.17) is 0 Å². The van der Waals surface area contributed by atoms with Crippen LogP contribution in [0.25, 0.3) is 0 Å². The number of esters is 1. The van der Waals surface area contributed by atoms with Gasteiger partial charge >= 0.3 is 5.97 Å². The van der Waals surface area contributed by atoms with Crippen LogP contribution < -0.4 is 5.43 Å². The average Bonchev–Trinajstić information content (AvgIpc) is 2.75. The lowest BCUT2D eigenvalue weighted by Crippen LogP contribution is -2.15. The monoisotopic (exact) mass is 280 g/mol. The van der Waals surface area contributed by atoms with Crippen molar-refractivity contribution >= 4 is 11.7 Å². The molecular weight excluding hydrogens is 266 g/mol. The van der Waals surface area contributed by atoms with Crippen molar-refractivity contribution in [3.05, 3.63) is 52.9 Å². The molecule has 1 heterocycles. The largest absolute Gasteiger partial charge is 0.465 e. The number of rotatable bonds is 3. The SMILES string of the molecule is COC(=O)c1ccc(Nn2c(C)ccc2C)c(F)c1F. The third-order valence-electron chi connectivity index (χ3n) is 2.99. The first kappa shape index (κ1) is 14.0. The molecule has 2 rings (SSSR count). The van der Waals surface area contributed by atoms with Gasteiger partial charge in [0.2, 0.25) is 0 Å². The second-order valence-corrected chi connectivity index (χ2v) is 4.34. The van der Waals surface area contributed by atoms with Crippen molar-refractivity contribution in [3.63, 3.8) is 0 Å². The highest BCUT2D eigenvalue weighted by Gasteiger charge is 2.19. The van der Waals surface area contributed by atoms with Gasteiger partial charge in [-0.3, -0.25) is 10.1 Å². The van der Waals surface area contributed by atoms with E-state index in [-0.39, 0.29) is 5.69 Å². The lowest BCUT2D eigenvalue weighted by Gasteiger charge is -2.14. The van der Waals surface area contributed by atoms with Crippen LogP contribution in [0.2, 0.25) is 0 Å². The third-order valence-corrected chi connectivity index (χ3v) is 2.99. The standard InChI is InChI=1S/C14H14F2N2O2/c1-8-4-5-9(2)18(8)17-11-7-6-10(14(19)20-3)12(15)13(11)16/h4-7,17H,1-3H3. The zero-order valence-electron chi connectivity index (χ0n) is 11.3. The lowest BCUT2D eigenvalue weighted by molar-refractivity contribution is 0.0594. The Morgan fingerprint density at radius 1 is 1.10 bits per heavy atom. The Bertz CT molecular complexity index is 646. The van der Waals surface area contributed by atoms with E-state index in [9.17, 15) is 13.6 Å². The van der Waals surface area contributed by atoms with Crippen molar-refractivity contribution in [1.29, 1.82) is 0 Å². The number of nitrogens with one attached hydrogen (secondary N) is 1. The summed E-state index contributed by atoms with van der Waals surface area (Å²) in [5, 5.41) is 0. The number of nitrogens with zero attached hydrogens (tertiary/aromatic N) is 1. The minimum absolute atomic E-state index is 0.0578. The number of hydrogen-bond donors (Lipinski definition) is 1. The molecule has 106 valence electrons. The Hall–Kier alpha value is -2.37. The molecule has 0 fully saturated rings. The first-order valence-corrected chi connectivity index (χ1v) is 5.94. The zero-order valence-corrected chi connectivity index (χ0v) is 11.3. The maximum atomic E-state index is 14.0. The molecular formula is C14H14F2N2O2. The maximum Gasteiger partial charge on any atom is 0.340 e. The number of halogens is 2. The van der Waals surface area contributed by atoms with Gasteiger partial charge in [0.25, 0.3) is 0 Å². The van der Waals surface area contributed by atoms with Crippen molar-refractivity contribution < 1.29 is 18.3 Å². The minimum Gasteiger partial charge on any atom is -0.465 e. The molecule has 0 spiro atoms. The summed E-state index contributed by atoms with van der Waals surface area (Å²) in [6.07, 6.45) is 0. The molecule has 6 heteroatoms. The number of anilines is 1. The Labute approximate surface area is 114 Å². The lowest BCUT2D eigenvalue weighted by atomic mass is 10.2. The number of aromatic nitrogens is 1. The molecule has 1 aromatic heterocycles. The molecule has 4 nitrogen and oxygen atoms in total. The smallest absolute Gasteiger partial charge is 0.340 e. The maximum absolute atomic E-state index is 14.0. The van der Waals surface area contributed by atoms with Gasteiger partial charge in [-0.1, -0.05) is 0 Å². The molecule has 0 saturated heterocycles. The van der Waals surface area contributed by atoms with Crippen molar-refractivity contribution in [2.24, 2.45) is 0 Å². The molecule has 0 aliphatic heterocycles. The normalized spacial score (nSPS) is 10.4. The number of ether oxygens (including phenoxy) is 1. The van der Waals surface area contributed by atoms with E-state index in [0.717, 1.165) is 18.5 Å². The predicted molar refractivity (Wildman–Crippen MR) is 70.6 cm³/mol. The van der Waals surface area contributed by atoms with Crippen LogP contribution in [0.5, 0.6) is 0 Å². The van der Waals surface area contributed by atoms with Crippen LogP contribution >= 0.6 is 0 Å². The molecule has 0 bridgehead atoms. The van der Waals surface area contributed by atoms with Crippen LogP contribution in [-0.2, 0) is 4.74 Å². The fourth-order valence-electron chi connectivity index (χ4n) is 1.87. The van der Waals surface area contributed by atoms with E-state index >= 15 is 0 Å². The highest BCUT2D eigenvalue weighted by atomic mass is 19.2. The molecule has 2 aromatic rings. The van der Waals surface area contributed by atoms with Crippen LogP contribution in [0, 0.1) is 25.5 Å². The molecule has 0 amide bonds. The predicted octanol–water partition coefficient (Wildman–Crippen LogP) is 3.04. The van der Waals surface area contributed by atoms with Gasteiger partial charge in [0, 0.05) is 11.4 Å². The minimum atomic E-state index is -1.23. The van der Waals surface area contributed by atoms with E-state index in [2.05, 4.69) is 10.2 Å². The van der Waals surface area contributed by atoms with E-state index in [0.29, 0.717) is 0 Å². The van der Waals surface area contributed by atoms with E-state index in [1.807, 2.05) is 26.0 Å². The van der Waals surface area contributed by atoms with E-state index in [1.54, 1.807) is 4.68 Å². The summed E-state index contributed by atoms with van der Waals surface area (Å²) < 4.78 is 33.8. The van der Waals surface area contributed by atoms with E-state index in [1.165, 1.54) is 12.1 Å².